The van der Waals surface area contributed by atoms with E-state index in [1.54, 1.807) is 11.1 Å². The minimum Gasteiger partial charge on any atom is -0.344 e. The van der Waals surface area contributed by atoms with Gasteiger partial charge in [0, 0.05) is 12.3 Å². The Bertz CT molecular complexity index is 361. The van der Waals surface area contributed by atoms with Gasteiger partial charge in [-0.2, -0.15) is 0 Å². The maximum atomic E-state index is 6.31. The number of ether oxygens (including phenoxy) is 2. The number of rotatable bonds is 0. The van der Waals surface area contributed by atoms with Gasteiger partial charge in [-0.15, -0.1) is 0 Å². The molecule has 102 valence electrons. The first-order valence-electron chi connectivity index (χ1n) is 7.53. The van der Waals surface area contributed by atoms with Crippen molar-refractivity contribution in [3.05, 3.63) is 11.1 Å². The molecule has 2 aliphatic carbocycles. The Morgan fingerprint density at radius 3 is 2.28 bits per heavy atom. The molecule has 1 aliphatic heterocycles. The van der Waals surface area contributed by atoms with Crippen LogP contribution in [0.15, 0.2) is 11.1 Å². The van der Waals surface area contributed by atoms with Crippen LogP contribution in [-0.4, -0.2) is 18.0 Å². The predicted molar refractivity (Wildman–Crippen MR) is 72.3 cm³/mol. The lowest BCUT2D eigenvalue weighted by Gasteiger charge is -2.47. The molecule has 2 nitrogen and oxygen atoms in total. The van der Waals surface area contributed by atoms with Gasteiger partial charge in [-0.3, -0.25) is 0 Å². The summed E-state index contributed by atoms with van der Waals surface area (Å²) in [5, 5.41) is 0. The lowest BCUT2D eigenvalue weighted by Crippen LogP contribution is -2.48. The normalized spacial score (nSPS) is 43.3. The van der Waals surface area contributed by atoms with Gasteiger partial charge in [0.2, 0.25) is 0 Å². The third kappa shape index (κ3) is 1.85. The van der Waals surface area contributed by atoms with E-state index in [1.165, 1.54) is 25.7 Å². The molecule has 1 spiro atoms. The predicted octanol–water partition coefficient (Wildman–Crippen LogP) is 4.05. The van der Waals surface area contributed by atoms with Crippen LogP contribution in [0.5, 0.6) is 0 Å². The van der Waals surface area contributed by atoms with Crippen LogP contribution in [0.3, 0.4) is 0 Å². The topological polar surface area (TPSA) is 18.5 Å². The first-order valence-corrected chi connectivity index (χ1v) is 7.53. The number of hydrogen-bond donors (Lipinski definition) is 0. The van der Waals surface area contributed by atoms with Crippen molar-refractivity contribution in [3.8, 4) is 0 Å². The van der Waals surface area contributed by atoms with Gasteiger partial charge in [0.1, 0.15) is 0 Å². The Morgan fingerprint density at radius 1 is 1.00 bits per heavy atom. The van der Waals surface area contributed by atoms with Crippen molar-refractivity contribution in [2.75, 3.05) is 0 Å². The summed E-state index contributed by atoms with van der Waals surface area (Å²) in [6.45, 7) is 8.89. The molecule has 3 aliphatic rings. The minimum atomic E-state index is -0.260. The van der Waals surface area contributed by atoms with Crippen molar-refractivity contribution in [2.45, 2.75) is 77.8 Å². The minimum absolute atomic E-state index is 0.246. The zero-order valence-corrected chi connectivity index (χ0v) is 12.2. The van der Waals surface area contributed by atoms with Crippen molar-refractivity contribution in [3.63, 3.8) is 0 Å². The molecule has 0 radical (unpaired) electrons. The highest BCUT2D eigenvalue weighted by Gasteiger charge is 2.54. The third-order valence-electron chi connectivity index (χ3n) is 5.49. The molecule has 0 amide bonds. The van der Waals surface area contributed by atoms with E-state index in [4.69, 9.17) is 9.47 Å². The van der Waals surface area contributed by atoms with E-state index in [1.807, 2.05) is 0 Å². The molecule has 0 aromatic carbocycles. The molecule has 0 bridgehead atoms. The Balaban J connectivity index is 1.88. The van der Waals surface area contributed by atoms with Crippen molar-refractivity contribution in [2.24, 2.45) is 11.8 Å². The lowest BCUT2D eigenvalue weighted by molar-refractivity contribution is -0.239. The van der Waals surface area contributed by atoms with Crippen LogP contribution in [0.4, 0.5) is 0 Å². The number of allylic oxidation sites excluding steroid dienone is 2. The van der Waals surface area contributed by atoms with Gasteiger partial charge in [-0.1, -0.05) is 11.1 Å². The van der Waals surface area contributed by atoms with E-state index >= 15 is 0 Å². The van der Waals surface area contributed by atoms with Crippen LogP contribution in [-0.2, 0) is 9.47 Å². The fourth-order valence-corrected chi connectivity index (χ4v) is 4.14. The summed E-state index contributed by atoms with van der Waals surface area (Å²) in [4.78, 5) is 0. The maximum Gasteiger partial charge on any atom is 0.172 e. The van der Waals surface area contributed by atoms with E-state index in [0.717, 1.165) is 12.3 Å². The average molecular weight is 250 g/mol. The van der Waals surface area contributed by atoms with Crippen molar-refractivity contribution < 1.29 is 9.47 Å². The summed E-state index contributed by atoms with van der Waals surface area (Å²) < 4.78 is 12.6. The van der Waals surface area contributed by atoms with Crippen LogP contribution in [0.1, 0.15) is 59.8 Å². The highest BCUT2D eigenvalue weighted by molar-refractivity contribution is 5.18. The molecule has 2 heteroatoms. The standard InChI is InChI=1S/C16H26O2/c1-10-8-14-6-5-7-16(15(14)9-11(10)2)17-12(3)13(4)18-16/h12-15H,5-9H2,1-4H3/t12-,13-,14+,15-/m1/s1. The van der Waals surface area contributed by atoms with E-state index in [2.05, 4.69) is 27.7 Å². The van der Waals surface area contributed by atoms with Gasteiger partial charge in [0.25, 0.3) is 0 Å². The molecule has 0 N–H and O–H groups in total. The van der Waals surface area contributed by atoms with Crippen LogP contribution in [0.2, 0.25) is 0 Å². The molecule has 0 aromatic heterocycles. The van der Waals surface area contributed by atoms with Gasteiger partial charge in [-0.05, 0) is 59.3 Å². The van der Waals surface area contributed by atoms with Crippen molar-refractivity contribution in [1.82, 2.24) is 0 Å². The molecule has 4 atom stereocenters. The monoisotopic (exact) mass is 250 g/mol. The Labute approximate surface area is 111 Å². The van der Waals surface area contributed by atoms with Crippen LogP contribution < -0.4 is 0 Å². The highest BCUT2D eigenvalue weighted by Crippen LogP contribution is 2.52. The second-order valence-corrected chi connectivity index (χ2v) is 6.69. The summed E-state index contributed by atoms with van der Waals surface area (Å²) in [7, 11) is 0. The van der Waals surface area contributed by atoms with E-state index in [0.29, 0.717) is 5.92 Å². The molecule has 0 unspecified atom stereocenters. The molecule has 2 fully saturated rings. The lowest BCUT2D eigenvalue weighted by atomic mass is 9.66. The zero-order chi connectivity index (χ0) is 12.9. The Hall–Kier alpha value is -0.340. The zero-order valence-electron chi connectivity index (χ0n) is 12.2. The fourth-order valence-electron chi connectivity index (χ4n) is 4.14. The molecule has 18 heavy (non-hydrogen) atoms. The summed E-state index contributed by atoms with van der Waals surface area (Å²) in [5.74, 6) is 1.10. The molecule has 1 saturated carbocycles. The summed E-state index contributed by atoms with van der Waals surface area (Å²) in [6, 6.07) is 0. The first kappa shape index (κ1) is 12.7. The van der Waals surface area contributed by atoms with E-state index in [-0.39, 0.29) is 18.0 Å². The SMILES string of the molecule is CC1=C(C)C[C@@H]2[C@@H](CCCC23O[C@H](C)[C@@H](C)O3)C1. The molecule has 1 heterocycles. The quantitative estimate of drug-likeness (QED) is 0.604. The molecule has 0 aromatic rings. The summed E-state index contributed by atoms with van der Waals surface area (Å²) in [6.07, 6.45) is 6.63. The number of fused-ring (bicyclic) bond motifs is 2. The van der Waals surface area contributed by atoms with Crippen LogP contribution >= 0.6 is 0 Å². The summed E-state index contributed by atoms with van der Waals surface area (Å²) in [5.41, 5.74) is 3.17. The Kier molecular flexibility index (Phi) is 3.06. The first-order chi connectivity index (χ1) is 8.52. The summed E-state index contributed by atoms with van der Waals surface area (Å²) >= 11 is 0. The van der Waals surface area contributed by atoms with Crippen molar-refractivity contribution in [1.29, 1.82) is 0 Å². The van der Waals surface area contributed by atoms with E-state index in [9.17, 15) is 0 Å². The fraction of sp³-hybridized carbons (Fsp3) is 0.875. The van der Waals surface area contributed by atoms with E-state index < -0.39 is 0 Å². The van der Waals surface area contributed by atoms with Crippen molar-refractivity contribution >= 4 is 0 Å². The molecule has 3 rings (SSSR count). The molecule has 1 saturated heterocycles. The Morgan fingerprint density at radius 2 is 1.61 bits per heavy atom. The second kappa shape index (κ2) is 4.35. The van der Waals surface area contributed by atoms with Gasteiger partial charge >= 0.3 is 0 Å². The highest BCUT2D eigenvalue weighted by atomic mass is 16.8. The second-order valence-electron chi connectivity index (χ2n) is 6.69. The average Bonchev–Trinajstić information content (AvgIpc) is 2.59. The largest absolute Gasteiger partial charge is 0.344 e. The smallest absolute Gasteiger partial charge is 0.172 e. The van der Waals surface area contributed by atoms with Gasteiger partial charge in [0.05, 0.1) is 12.2 Å². The van der Waals surface area contributed by atoms with Gasteiger partial charge in [0.15, 0.2) is 5.79 Å². The van der Waals surface area contributed by atoms with Gasteiger partial charge in [-0.25, -0.2) is 0 Å². The third-order valence-corrected chi connectivity index (χ3v) is 5.49. The van der Waals surface area contributed by atoms with Gasteiger partial charge < -0.3 is 9.47 Å². The molecular formula is C16H26O2. The molecular weight excluding hydrogens is 224 g/mol. The van der Waals surface area contributed by atoms with Crippen LogP contribution in [0, 0.1) is 11.8 Å². The van der Waals surface area contributed by atoms with Crippen LogP contribution in [0.25, 0.3) is 0 Å². The number of hydrogen-bond acceptors (Lipinski definition) is 2. The maximum absolute atomic E-state index is 6.31.